The molecule has 1 aromatic carbocycles. The summed E-state index contributed by atoms with van der Waals surface area (Å²) in [7, 11) is 0. The van der Waals surface area contributed by atoms with Crippen LogP contribution in [0.15, 0.2) is 23.6 Å². The molecule has 0 unspecified atom stereocenters. The number of ether oxygens (including phenoxy) is 1. The molecular formula is C22H26N4O4S. The van der Waals surface area contributed by atoms with Crippen molar-refractivity contribution in [3.05, 3.63) is 40.4 Å². The van der Waals surface area contributed by atoms with E-state index < -0.39 is 6.03 Å². The number of benzene rings is 1. The van der Waals surface area contributed by atoms with Crippen LogP contribution in [0.3, 0.4) is 0 Å². The third-order valence-corrected chi connectivity index (χ3v) is 6.41. The molecule has 1 aliphatic carbocycles. The normalized spacial score (nSPS) is 16.9. The molecule has 9 heteroatoms. The molecule has 0 radical (unpaired) electrons. The van der Waals surface area contributed by atoms with E-state index in [1.54, 1.807) is 16.3 Å². The summed E-state index contributed by atoms with van der Waals surface area (Å²) in [6, 6.07) is 4.96. The smallest absolute Gasteiger partial charge is 0.325 e. The van der Waals surface area contributed by atoms with Crippen LogP contribution in [0.4, 0.5) is 15.6 Å². The predicted molar refractivity (Wildman–Crippen MR) is 119 cm³/mol. The number of Topliss-reactive ketones (excluding diaryl/α,β-unsaturated/α-hetero) is 1. The molecular weight excluding hydrogens is 416 g/mol. The quantitative estimate of drug-likeness (QED) is 0.683. The number of aryl methyl sites for hydroxylation is 1. The first kappa shape index (κ1) is 21.5. The fourth-order valence-electron chi connectivity index (χ4n) is 3.99. The minimum atomic E-state index is -0.496. The lowest BCUT2D eigenvalue weighted by Crippen LogP contribution is -2.40. The van der Waals surface area contributed by atoms with Gasteiger partial charge in [0.15, 0.2) is 10.9 Å². The number of ketones is 1. The van der Waals surface area contributed by atoms with Gasteiger partial charge in [-0.15, -0.1) is 11.3 Å². The van der Waals surface area contributed by atoms with Crippen LogP contribution in [0.1, 0.15) is 52.1 Å². The first-order chi connectivity index (χ1) is 15.0. The maximum atomic E-state index is 13.0. The number of rotatable bonds is 5. The van der Waals surface area contributed by atoms with Crippen LogP contribution in [0.2, 0.25) is 0 Å². The Morgan fingerprint density at radius 1 is 1.13 bits per heavy atom. The number of thiazole rings is 1. The van der Waals surface area contributed by atoms with Crippen LogP contribution >= 0.6 is 11.3 Å². The first-order valence-electron chi connectivity index (χ1n) is 10.6. The van der Waals surface area contributed by atoms with Crippen LogP contribution < -0.4 is 10.6 Å². The van der Waals surface area contributed by atoms with Gasteiger partial charge in [0.1, 0.15) is 5.69 Å². The largest absolute Gasteiger partial charge is 0.378 e. The number of carbonyl (C=O) groups excluding carboxylic acids is 3. The van der Waals surface area contributed by atoms with Crippen molar-refractivity contribution in [3.63, 3.8) is 0 Å². The van der Waals surface area contributed by atoms with Crippen molar-refractivity contribution < 1.29 is 19.1 Å². The van der Waals surface area contributed by atoms with E-state index in [-0.39, 0.29) is 17.6 Å². The van der Waals surface area contributed by atoms with E-state index >= 15 is 0 Å². The van der Waals surface area contributed by atoms with Gasteiger partial charge in [-0.25, -0.2) is 9.78 Å². The standard InChI is InChI=1S/C22H26N4O4S/c1-14-6-7-17(16(12-14)19(27)15-4-2-3-5-15)23-21(29)25-22-24-18(13-31-22)20(28)26-8-10-30-11-9-26/h6-7,12-13,15H,2-5,8-11H2,1H3,(H2,23,24,25,29). The lowest BCUT2D eigenvalue weighted by Gasteiger charge is -2.25. The summed E-state index contributed by atoms with van der Waals surface area (Å²) in [6.07, 6.45) is 3.94. The summed E-state index contributed by atoms with van der Waals surface area (Å²) in [4.78, 5) is 44.0. The molecule has 0 atom stereocenters. The number of anilines is 2. The molecule has 3 amide bonds. The van der Waals surface area contributed by atoms with E-state index in [2.05, 4.69) is 15.6 Å². The second kappa shape index (κ2) is 9.57. The van der Waals surface area contributed by atoms with Crippen molar-refractivity contribution in [2.45, 2.75) is 32.6 Å². The fourth-order valence-corrected chi connectivity index (χ4v) is 4.67. The number of nitrogens with zero attached hydrogens (tertiary/aromatic N) is 2. The molecule has 8 nitrogen and oxygen atoms in total. The summed E-state index contributed by atoms with van der Waals surface area (Å²) in [5.41, 5.74) is 2.30. The monoisotopic (exact) mass is 442 g/mol. The Bertz CT molecular complexity index is 978. The molecule has 2 N–H and O–H groups in total. The van der Waals surface area contributed by atoms with Gasteiger partial charge in [-0.3, -0.25) is 14.9 Å². The number of hydrogen-bond acceptors (Lipinski definition) is 6. The maximum Gasteiger partial charge on any atom is 0.325 e. The summed E-state index contributed by atoms with van der Waals surface area (Å²) < 4.78 is 5.27. The molecule has 0 spiro atoms. The van der Waals surface area contributed by atoms with Crippen molar-refractivity contribution in [2.75, 3.05) is 36.9 Å². The van der Waals surface area contributed by atoms with Gasteiger partial charge in [0.2, 0.25) is 0 Å². The molecule has 164 valence electrons. The molecule has 1 saturated heterocycles. The topological polar surface area (TPSA) is 101 Å². The minimum Gasteiger partial charge on any atom is -0.378 e. The Hall–Kier alpha value is -2.78. The number of hydrogen-bond donors (Lipinski definition) is 2. The minimum absolute atomic E-state index is 0.0260. The molecule has 2 fully saturated rings. The van der Waals surface area contributed by atoms with Crippen molar-refractivity contribution in [1.82, 2.24) is 9.88 Å². The Morgan fingerprint density at radius 3 is 2.61 bits per heavy atom. The summed E-state index contributed by atoms with van der Waals surface area (Å²) in [5.74, 6) is -0.0572. The third kappa shape index (κ3) is 5.11. The van der Waals surface area contributed by atoms with Gasteiger partial charge in [-0.1, -0.05) is 24.5 Å². The highest BCUT2D eigenvalue weighted by Crippen LogP contribution is 2.31. The number of morpholine rings is 1. The average Bonchev–Trinajstić information content (AvgIpc) is 3.47. The SMILES string of the molecule is Cc1ccc(NC(=O)Nc2nc(C(=O)N3CCOCC3)cs2)c(C(=O)C2CCCC2)c1. The van der Waals surface area contributed by atoms with Gasteiger partial charge in [0.25, 0.3) is 5.91 Å². The molecule has 2 aromatic rings. The Kier molecular flexibility index (Phi) is 6.62. The molecule has 31 heavy (non-hydrogen) atoms. The number of nitrogens with one attached hydrogen (secondary N) is 2. The number of urea groups is 1. The zero-order chi connectivity index (χ0) is 21.8. The second-order valence-corrected chi connectivity index (χ2v) is 8.77. The van der Waals surface area contributed by atoms with E-state index in [9.17, 15) is 14.4 Å². The maximum absolute atomic E-state index is 13.0. The Labute approximate surface area is 185 Å². The van der Waals surface area contributed by atoms with Gasteiger partial charge in [0, 0.05) is 30.0 Å². The van der Waals surface area contributed by atoms with Crippen LogP contribution in [-0.4, -0.2) is 53.9 Å². The van der Waals surface area contributed by atoms with Crippen LogP contribution in [0, 0.1) is 12.8 Å². The van der Waals surface area contributed by atoms with Crippen molar-refractivity contribution in [2.24, 2.45) is 5.92 Å². The molecule has 1 saturated carbocycles. The molecule has 1 aromatic heterocycles. The lowest BCUT2D eigenvalue weighted by atomic mass is 9.94. The molecule has 2 heterocycles. The Balaban J connectivity index is 1.42. The third-order valence-electron chi connectivity index (χ3n) is 5.66. The highest BCUT2D eigenvalue weighted by atomic mass is 32.1. The summed E-state index contributed by atoms with van der Waals surface area (Å²) in [5, 5.41) is 7.40. The fraction of sp³-hybridized carbons (Fsp3) is 0.455. The van der Waals surface area contributed by atoms with Crippen molar-refractivity contribution >= 4 is 39.9 Å². The number of amides is 3. The number of carbonyl (C=O) groups is 3. The second-order valence-electron chi connectivity index (χ2n) is 7.92. The van der Waals surface area contributed by atoms with Gasteiger partial charge in [-0.2, -0.15) is 0 Å². The molecule has 0 bridgehead atoms. The van der Waals surface area contributed by atoms with Gasteiger partial charge < -0.3 is 15.0 Å². The summed E-state index contributed by atoms with van der Waals surface area (Å²) in [6.45, 7) is 4.03. The molecule has 2 aliphatic rings. The van der Waals surface area contributed by atoms with Gasteiger partial charge >= 0.3 is 6.03 Å². The van der Waals surface area contributed by atoms with Crippen molar-refractivity contribution in [3.8, 4) is 0 Å². The zero-order valence-corrected chi connectivity index (χ0v) is 18.3. The van der Waals surface area contributed by atoms with Crippen molar-refractivity contribution in [1.29, 1.82) is 0 Å². The number of aromatic nitrogens is 1. The highest BCUT2D eigenvalue weighted by Gasteiger charge is 2.26. The van der Waals surface area contributed by atoms with Crippen LogP contribution in [0.25, 0.3) is 0 Å². The first-order valence-corrected chi connectivity index (χ1v) is 11.4. The lowest BCUT2D eigenvalue weighted by molar-refractivity contribution is 0.0299. The zero-order valence-electron chi connectivity index (χ0n) is 17.5. The van der Waals surface area contributed by atoms with Gasteiger partial charge in [0.05, 0.1) is 18.9 Å². The molecule has 1 aliphatic heterocycles. The average molecular weight is 443 g/mol. The van der Waals surface area contributed by atoms with Crippen LogP contribution in [0.5, 0.6) is 0 Å². The van der Waals surface area contributed by atoms with Gasteiger partial charge in [-0.05, 0) is 31.9 Å². The Morgan fingerprint density at radius 2 is 1.87 bits per heavy atom. The van der Waals surface area contributed by atoms with E-state index in [4.69, 9.17) is 4.74 Å². The highest BCUT2D eigenvalue weighted by molar-refractivity contribution is 7.14. The van der Waals surface area contributed by atoms with E-state index in [0.29, 0.717) is 48.4 Å². The predicted octanol–water partition coefficient (Wildman–Crippen LogP) is 3.94. The van der Waals surface area contributed by atoms with Crippen LogP contribution in [-0.2, 0) is 4.74 Å². The molecule has 4 rings (SSSR count). The van der Waals surface area contributed by atoms with E-state index in [1.807, 2.05) is 19.1 Å². The van der Waals surface area contributed by atoms with E-state index in [0.717, 1.165) is 31.2 Å². The van der Waals surface area contributed by atoms with E-state index in [1.165, 1.54) is 11.3 Å². The summed E-state index contributed by atoms with van der Waals surface area (Å²) >= 11 is 1.19.